The molecule has 0 aliphatic heterocycles. The first-order chi connectivity index (χ1) is 15.8. The summed E-state index contributed by atoms with van der Waals surface area (Å²) < 4.78 is 6.95. The zero-order valence-electron chi connectivity index (χ0n) is 22.6. The van der Waals surface area contributed by atoms with Gasteiger partial charge in [0, 0.05) is 55.7 Å². The average Bonchev–Trinajstić information content (AvgIpc) is 2.76. The molecule has 34 heavy (non-hydrogen) atoms. The molecule has 0 amide bonds. The van der Waals surface area contributed by atoms with Crippen molar-refractivity contribution in [1.29, 1.82) is 0 Å². The molecule has 3 nitrogen and oxygen atoms in total. The van der Waals surface area contributed by atoms with Gasteiger partial charge in [0.25, 0.3) is 0 Å². The predicted molar refractivity (Wildman–Crippen MR) is 152 cm³/mol. The third-order valence-electron chi connectivity index (χ3n) is 6.04. The molecule has 3 aromatic rings. The van der Waals surface area contributed by atoms with Gasteiger partial charge < -0.3 is 14.3 Å². The van der Waals surface area contributed by atoms with Crippen molar-refractivity contribution in [1.82, 2.24) is 0 Å². The molecule has 0 bridgehead atoms. The van der Waals surface area contributed by atoms with Crippen LogP contribution in [-0.4, -0.2) is 28.2 Å². The van der Waals surface area contributed by atoms with Crippen LogP contribution in [0.25, 0.3) is 0 Å². The summed E-state index contributed by atoms with van der Waals surface area (Å²) >= 11 is 0. The molecule has 0 aliphatic rings. The molecule has 3 aromatic carbocycles. The molecule has 0 saturated carbocycles. The van der Waals surface area contributed by atoms with Crippen molar-refractivity contribution in [2.75, 3.05) is 38.0 Å². The van der Waals surface area contributed by atoms with Gasteiger partial charge in [0.1, 0.15) is 5.75 Å². The summed E-state index contributed by atoms with van der Waals surface area (Å²) in [4.78, 5) is 4.25. The van der Waals surface area contributed by atoms with Crippen LogP contribution in [0.1, 0.15) is 52.7 Å². The van der Waals surface area contributed by atoms with Crippen LogP contribution in [0.3, 0.4) is 0 Å². The van der Waals surface area contributed by atoms with Crippen molar-refractivity contribution in [3.8, 4) is 5.75 Å². The molecule has 0 spiro atoms. The molecule has 0 atom stereocenters. The van der Waals surface area contributed by atoms with Gasteiger partial charge >= 0.3 is 0 Å². The van der Waals surface area contributed by atoms with Crippen LogP contribution in [0.2, 0.25) is 0 Å². The highest BCUT2D eigenvalue weighted by molar-refractivity contribution is 7.68. The zero-order chi connectivity index (χ0) is 25.3. The largest absolute Gasteiger partial charge is 0.464 e. The lowest BCUT2D eigenvalue weighted by Crippen LogP contribution is -2.20. The number of rotatable bonds is 6. The number of anilines is 2. The Morgan fingerprint density at radius 1 is 0.588 bits per heavy atom. The van der Waals surface area contributed by atoms with Crippen LogP contribution in [0.4, 0.5) is 11.4 Å². The Kier molecular flexibility index (Phi) is 7.68. The van der Waals surface area contributed by atoms with Crippen molar-refractivity contribution in [3.05, 3.63) is 77.9 Å². The minimum atomic E-state index is -1.03. The van der Waals surface area contributed by atoms with Gasteiger partial charge in [0.15, 0.2) is 8.15 Å². The Morgan fingerprint density at radius 3 is 1.38 bits per heavy atom. The summed E-state index contributed by atoms with van der Waals surface area (Å²) in [6.07, 6.45) is 0. The summed E-state index contributed by atoms with van der Waals surface area (Å²) in [7, 11) is 7.25. The Morgan fingerprint density at radius 2 is 1.03 bits per heavy atom. The fourth-order valence-corrected chi connectivity index (χ4v) is 5.49. The van der Waals surface area contributed by atoms with E-state index in [0.717, 1.165) is 5.75 Å². The minimum absolute atomic E-state index is 0.0266. The number of nitrogens with zero attached hydrogens (tertiary/aromatic N) is 2. The van der Waals surface area contributed by atoms with Crippen LogP contribution in [0.15, 0.2) is 66.7 Å². The number of hydrogen-bond donors (Lipinski definition) is 0. The van der Waals surface area contributed by atoms with Crippen molar-refractivity contribution < 1.29 is 4.52 Å². The van der Waals surface area contributed by atoms with E-state index in [0.29, 0.717) is 0 Å². The van der Waals surface area contributed by atoms with E-state index in [1.165, 1.54) is 33.1 Å². The maximum absolute atomic E-state index is 6.95. The normalized spacial score (nSPS) is 12.1. The molecule has 0 saturated heterocycles. The topological polar surface area (TPSA) is 15.7 Å². The highest BCUT2D eigenvalue weighted by Crippen LogP contribution is 2.43. The summed E-state index contributed by atoms with van der Waals surface area (Å²) in [6.45, 7) is 13.6. The first-order valence-electron chi connectivity index (χ1n) is 12.0. The van der Waals surface area contributed by atoms with Gasteiger partial charge in [0.2, 0.25) is 0 Å². The van der Waals surface area contributed by atoms with Crippen molar-refractivity contribution in [3.63, 3.8) is 0 Å². The Balaban J connectivity index is 2.10. The second-order valence-electron chi connectivity index (χ2n) is 11.4. The molecular weight excluding hydrogens is 435 g/mol. The summed E-state index contributed by atoms with van der Waals surface area (Å²) in [5.74, 6) is 0.972. The number of benzene rings is 3. The molecule has 4 heteroatoms. The molecule has 0 N–H and O–H groups in total. The molecular formula is C30H41N2OP. The van der Waals surface area contributed by atoms with Crippen molar-refractivity contribution in [2.45, 2.75) is 52.4 Å². The quantitative estimate of drug-likeness (QED) is 0.362. The maximum atomic E-state index is 6.95. The third-order valence-corrected chi connectivity index (χ3v) is 7.96. The minimum Gasteiger partial charge on any atom is -0.464 e. The molecule has 182 valence electrons. The maximum Gasteiger partial charge on any atom is 0.150 e. The second-order valence-corrected chi connectivity index (χ2v) is 13.2. The van der Waals surface area contributed by atoms with E-state index in [2.05, 4.69) is 146 Å². The van der Waals surface area contributed by atoms with Gasteiger partial charge in [-0.05, 0) is 71.0 Å². The van der Waals surface area contributed by atoms with Crippen LogP contribution >= 0.6 is 8.15 Å². The van der Waals surface area contributed by atoms with Gasteiger partial charge in [-0.15, -0.1) is 0 Å². The molecule has 0 heterocycles. The Labute approximate surface area is 208 Å². The predicted octanol–water partition coefficient (Wildman–Crippen LogP) is 6.84. The van der Waals surface area contributed by atoms with E-state index >= 15 is 0 Å². The third kappa shape index (κ3) is 6.13. The van der Waals surface area contributed by atoms with E-state index < -0.39 is 8.15 Å². The highest BCUT2D eigenvalue weighted by Gasteiger charge is 2.26. The SMILES string of the molecule is CN(C)c1ccc(P(Oc2ccc(C(C)(C)C)cc2C(C)(C)C)c2ccc(N(C)C)cc2)cc1. The average molecular weight is 477 g/mol. The second kappa shape index (κ2) is 10.0. The fourth-order valence-electron chi connectivity index (χ4n) is 3.79. The van der Waals surface area contributed by atoms with Gasteiger partial charge in [-0.1, -0.05) is 53.7 Å². The van der Waals surface area contributed by atoms with E-state index in [1.54, 1.807) is 0 Å². The summed E-state index contributed by atoms with van der Waals surface area (Å²) in [6, 6.07) is 24.3. The first-order valence-corrected chi connectivity index (χ1v) is 13.2. The van der Waals surface area contributed by atoms with Gasteiger partial charge in [-0.3, -0.25) is 0 Å². The van der Waals surface area contributed by atoms with Crippen LogP contribution in [0, 0.1) is 0 Å². The molecule has 0 unspecified atom stereocenters. The van der Waals surface area contributed by atoms with E-state index in [4.69, 9.17) is 4.52 Å². The highest BCUT2D eigenvalue weighted by atomic mass is 31.1. The van der Waals surface area contributed by atoms with Crippen LogP contribution in [0.5, 0.6) is 5.75 Å². The van der Waals surface area contributed by atoms with Crippen molar-refractivity contribution in [2.24, 2.45) is 0 Å². The smallest absolute Gasteiger partial charge is 0.150 e. The fraction of sp³-hybridized carbons (Fsp3) is 0.400. The Bertz CT molecular complexity index is 1040. The summed E-state index contributed by atoms with van der Waals surface area (Å²) in [5, 5.41) is 2.41. The molecule has 0 radical (unpaired) electrons. The monoisotopic (exact) mass is 476 g/mol. The van der Waals surface area contributed by atoms with E-state index in [1.807, 2.05) is 0 Å². The van der Waals surface area contributed by atoms with Gasteiger partial charge in [0.05, 0.1) is 0 Å². The van der Waals surface area contributed by atoms with E-state index in [9.17, 15) is 0 Å². The molecule has 0 aromatic heterocycles. The molecule has 3 rings (SSSR count). The van der Waals surface area contributed by atoms with Crippen LogP contribution in [-0.2, 0) is 10.8 Å². The molecule has 0 fully saturated rings. The summed E-state index contributed by atoms with van der Waals surface area (Å²) in [5.41, 5.74) is 5.02. The number of hydrogen-bond acceptors (Lipinski definition) is 3. The van der Waals surface area contributed by atoms with E-state index in [-0.39, 0.29) is 10.8 Å². The Hall–Kier alpha value is -2.51. The zero-order valence-corrected chi connectivity index (χ0v) is 23.5. The van der Waals surface area contributed by atoms with Crippen LogP contribution < -0.4 is 24.9 Å². The van der Waals surface area contributed by atoms with Gasteiger partial charge in [-0.25, -0.2) is 0 Å². The lowest BCUT2D eigenvalue weighted by molar-refractivity contribution is 0.532. The lowest BCUT2D eigenvalue weighted by atomic mass is 9.80. The standard InChI is InChI=1S/C30H41N2OP/c1-29(2,3)22-11-20-28(27(21-22)30(4,5)6)33-34(25-16-12-23(13-17-25)31(7)8)26-18-14-24(15-19-26)32(9)10/h11-21H,1-10H3. The van der Waals surface area contributed by atoms with Gasteiger partial charge in [-0.2, -0.15) is 0 Å². The molecule has 0 aliphatic carbocycles. The van der Waals surface area contributed by atoms with Crippen molar-refractivity contribution >= 4 is 30.1 Å². The lowest BCUT2D eigenvalue weighted by Gasteiger charge is -2.29. The first kappa shape index (κ1) is 26.1.